The molecule has 2 aliphatic rings. The molecule has 2 saturated heterocycles. The summed E-state index contributed by atoms with van der Waals surface area (Å²) in [5, 5.41) is 2.95. The highest BCUT2D eigenvalue weighted by atomic mass is 35.5. The fourth-order valence-corrected chi connectivity index (χ4v) is 4.94. The van der Waals surface area contributed by atoms with Crippen molar-refractivity contribution < 1.29 is 9.53 Å². The van der Waals surface area contributed by atoms with Crippen LogP contribution in [0.5, 0.6) is 0 Å². The van der Waals surface area contributed by atoms with Crippen LogP contribution in [0.1, 0.15) is 42.5 Å². The number of hydrogen-bond acceptors (Lipinski definition) is 4. The summed E-state index contributed by atoms with van der Waals surface area (Å²) < 4.78 is 7.02. The fourth-order valence-electron chi connectivity index (χ4n) is 4.01. The molecule has 2 aliphatic heterocycles. The van der Waals surface area contributed by atoms with Gasteiger partial charge in [-0.2, -0.15) is 0 Å². The van der Waals surface area contributed by atoms with Crippen LogP contribution in [0, 0.1) is 0 Å². The third-order valence-electron chi connectivity index (χ3n) is 5.27. The molecule has 2 bridgehead atoms. The first-order chi connectivity index (χ1) is 10.7. The summed E-state index contributed by atoms with van der Waals surface area (Å²) in [6.45, 7) is 0. The van der Waals surface area contributed by atoms with E-state index in [2.05, 4.69) is 18.0 Å². The molecule has 2 aromatic rings. The van der Waals surface area contributed by atoms with E-state index in [1.807, 2.05) is 23.6 Å². The molecule has 23 heavy (non-hydrogen) atoms. The Labute approximate surface area is 147 Å². The first kappa shape index (κ1) is 16.7. The minimum absolute atomic E-state index is 0. The minimum Gasteiger partial charge on any atom is -0.459 e. The van der Waals surface area contributed by atoms with Gasteiger partial charge in [-0.15, -0.1) is 23.7 Å². The summed E-state index contributed by atoms with van der Waals surface area (Å²) in [6, 6.07) is 9.22. The predicted molar refractivity (Wildman–Crippen MR) is 96.7 cm³/mol. The third kappa shape index (κ3) is 3.12. The highest BCUT2D eigenvalue weighted by Gasteiger charge is 2.37. The number of rotatable bonds is 2. The van der Waals surface area contributed by atoms with E-state index in [1.54, 1.807) is 11.3 Å². The number of piperidine rings is 2. The second kappa shape index (κ2) is 6.80. The maximum absolute atomic E-state index is 12.6. The van der Waals surface area contributed by atoms with E-state index in [0.717, 1.165) is 28.5 Å². The van der Waals surface area contributed by atoms with E-state index < -0.39 is 0 Å². The van der Waals surface area contributed by atoms with Crippen molar-refractivity contribution in [1.82, 2.24) is 4.90 Å². The summed E-state index contributed by atoms with van der Waals surface area (Å²) in [6.07, 6.45) is 5.85. The van der Waals surface area contributed by atoms with E-state index in [9.17, 15) is 4.79 Å². The van der Waals surface area contributed by atoms with Crippen molar-refractivity contribution in [2.24, 2.45) is 0 Å². The Bertz CT molecular complexity index is 687. The van der Waals surface area contributed by atoms with Gasteiger partial charge in [0.1, 0.15) is 6.10 Å². The van der Waals surface area contributed by atoms with Crippen molar-refractivity contribution in [2.45, 2.75) is 50.3 Å². The van der Waals surface area contributed by atoms with Gasteiger partial charge in [0, 0.05) is 40.4 Å². The Hall–Kier alpha value is -1.10. The number of nitrogens with zero attached hydrogens (tertiary/aromatic N) is 1. The average Bonchev–Trinajstić information content (AvgIpc) is 2.92. The lowest BCUT2D eigenvalue weighted by molar-refractivity contribution is -0.0317. The van der Waals surface area contributed by atoms with Crippen LogP contribution >= 0.6 is 23.7 Å². The molecule has 0 aliphatic carbocycles. The zero-order chi connectivity index (χ0) is 15.1. The first-order valence-corrected chi connectivity index (χ1v) is 8.99. The van der Waals surface area contributed by atoms with Crippen LogP contribution in [-0.2, 0) is 4.74 Å². The molecule has 2 fully saturated rings. The molecule has 2 unspecified atom stereocenters. The SMILES string of the molecule is CN1C2CCCC1CC(OC(=O)c1csc3ccccc13)C2.Cl. The standard InChI is InChI=1S/C18H21NO2S.ClH/c1-19-12-5-4-6-13(19)10-14(9-12)21-18(20)16-11-22-17-8-3-2-7-15(16)17;/h2-3,7-8,11-14H,4-6,9-10H2,1H3;1H. The lowest BCUT2D eigenvalue weighted by Crippen LogP contribution is -2.52. The van der Waals surface area contributed by atoms with Gasteiger partial charge in [0.2, 0.25) is 0 Å². The number of halogens is 1. The summed E-state index contributed by atoms with van der Waals surface area (Å²) in [5.41, 5.74) is 0.727. The van der Waals surface area contributed by atoms with E-state index >= 15 is 0 Å². The van der Waals surface area contributed by atoms with Crippen molar-refractivity contribution in [1.29, 1.82) is 0 Å². The van der Waals surface area contributed by atoms with Crippen molar-refractivity contribution in [2.75, 3.05) is 7.05 Å². The molecule has 1 aromatic carbocycles. The average molecular weight is 352 g/mol. The number of thiophene rings is 1. The Morgan fingerprint density at radius 3 is 2.65 bits per heavy atom. The van der Waals surface area contributed by atoms with E-state index in [1.165, 1.54) is 19.3 Å². The molecule has 3 heterocycles. The van der Waals surface area contributed by atoms with E-state index in [0.29, 0.717) is 12.1 Å². The molecule has 1 aromatic heterocycles. The molecule has 0 amide bonds. The van der Waals surface area contributed by atoms with Crippen molar-refractivity contribution in [3.8, 4) is 0 Å². The van der Waals surface area contributed by atoms with Gasteiger partial charge in [0.05, 0.1) is 5.56 Å². The molecule has 5 heteroatoms. The quantitative estimate of drug-likeness (QED) is 0.746. The van der Waals surface area contributed by atoms with Gasteiger partial charge in [-0.25, -0.2) is 4.79 Å². The summed E-state index contributed by atoms with van der Waals surface area (Å²) in [7, 11) is 2.22. The molecule has 2 atom stereocenters. The van der Waals surface area contributed by atoms with E-state index in [4.69, 9.17) is 4.74 Å². The zero-order valence-corrected chi connectivity index (χ0v) is 14.9. The molecule has 0 saturated carbocycles. The van der Waals surface area contributed by atoms with Crippen LogP contribution in [-0.4, -0.2) is 36.1 Å². The number of carbonyl (C=O) groups is 1. The summed E-state index contributed by atoms with van der Waals surface area (Å²) in [5.74, 6) is -0.148. The second-order valence-corrected chi connectivity index (χ2v) is 7.46. The Kier molecular flexibility index (Phi) is 4.95. The monoisotopic (exact) mass is 351 g/mol. The topological polar surface area (TPSA) is 29.5 Å². The van der Waals surface area contributed by atoms with Crippen molar-refractivity contribution in [3.05, 3.63) is 35.2 Å². The molecular formula is C18H22ClNO2S. The van der Waals surface area contributed by atoms with Crippen LogP contribution < -0.4 is 0 Å². The molecule has 0 spiro atoms. The fraction of sp³-hybridized carbons (Fsp3) is 0.500. The number of ether oxygens (including phenoxy) is 1. The Morgan fingerprint density at radius 2 is 1.91 bits per heavy atom. The third-order valence-corrected chi connectivity index (χ3v) is 6.23. The number of fused-ring (bicyclic) bond motifs is 3. The Balaban J connectivity index is 0.00000156. The van der Waals surface area contributed by atoms with Crippen LogP contribution in [0.15, 0.2) is 29.6 Å². The Morgan fingerprint density at radius 1 is 1.22 bits per heavy atom. The highest BCUT2D eigenvalue weighted by Crippen LogP contribution is 2.35. The van der Waals surface area contributed by atoms with Gasteiger partial charge in [0.15, 0.2) is 0 Å². The van der Waals surface area contributed by atoms with Crippen molar-refractivity contribution >= 4 is 39.8 Å². The van der Waals surface area contributed by atoms with Gasteiger partial charge < -0.3 is 9.64 Å². The molecule has 124 valence electrons. The molecule has 4 rings (SSSR count). The normalized spacial score (nSPS) is 27.4. The smallest absolute Gasteiger partial charge is 0.339 e. The molecule has 0 radical (unpaired) electrons. The van der Waals surface area contributed by atoms with E-state index in [-0.39, 0.29) is 24.5 Å². The largest absolute Gasteiger partial charge is 0.459 e. The van der Waals surface area contributed by atoms with Crippen LogP contribution in [0.4, 0.5) is 0 Å². The van der Waals surface area contributed by atoms with Gasteiger partial charge in [0.25, 0.3) is 0 Å². The van der Waals surface area contributed by atoms with Gasteiger partial charge in [-0.1, -0.05) is 24.6 Å². The zero-order valence-electron chi connectivity index (χ0n) is 13.2. The van der Waals surface area contributed by atoms with Gasteiger partial charge in [-0.3, -0.25) is 0 Å². The van der Waals surface area contributed by atoms with Gasteiger partial charge in [-0.05, 0) is 26.0 Å². The van der Waals surface area contributed by atoms with Crippen LogP contribution in [0.3, 0.4) is 0 Å². The number of carbonyl (C=O) groups excluding carboxylic acids is 1. The predicted octanol–water partition coefficient (Wildman–Crippen LogP) is 4.50. The molecule has 0 N–H and O–H groups in total. The van der Waals surface area contributed by atoms with Crippen LogP contribution in [0.2, 0.25) is 0 Å². The molecular weight excluding hydrogens is 330 g/mol. The van der Waals surface area contributed by atoms with Crippen molar-refractivity contribution in [3.63, 3.8) is 0 Å². The summed E-state index contributed by atoms with van der Waals surface area (Å²) in [4.78, 5) is 15.1. The lowest BCUT2D eigenvalue weighted by Gasteiger charge is -2.46. The van der Waals surface area contributed by atoms with Gasteiger partial charge >= 0.3 is 5.97 Å². The maximum atomic E-state index is 12.6. The first-order valence-electron chi connectivity index (χ1n) is 8.11. The lowest BCUT2D eigenvalue weighted by atomic mass is 9.83. The van der Waals surface area contributed by atoms with Crippen LogP contribution in [0.25, 0.3) is 10.1 Å². The maximum Gasteiger partial charge on any atom is 0.339 e. The minimum atomic E-state index is -0.148. The molecule has 3 nitrogen and oxygen atoms in total. The number of benzene rings is 1. The highest BCUT2D eigenvalue weighted by molar-refractivity contribution is 7.17. The number of esters is 1. The number of hydrogen-bond donors (Lipinski definition) is 0. The summed E-state index contributed by atoms with van der Waals surface area (Å²) >= 11 is 1.61. The second-order valence-electron chi connectivity index (χ2n) is 6.55.